The van der Waals surface area contributed by atoms with Gasteiger partial charge in [-0.3, -0.25) is 10.1 Å². The molecule has 1 heterocycles. The van der Waals surface area contributed by atoms with Crippen molar-refractivity contribution in [3.05, 3.63) is 27.9 Å². The second-order valence-corrected chi connectivity index (χ2v) is 5.73. The standard InChI is InChI=1S/C12H17N3O2S/c1-8-5-6-13-12(11(8)15(16)17)14-9-3-4-10(7-9)18-2/h5-6,9-10H,3-4,7H2,1-2H3,(H,13,14). The van der Waals surface area contributed by atoms with Crippen molar-refractivity contribution in [3.63, 3.8) is 0 Å². The maximum atomic E-state index is 11.1. The highest BCUT2D eigenvalue weighted by Gasteiger charge is 2.27. The molecule has 1 aliphatic rings. The van der Waals surface area contributed by atoms with Crippen LogP contribution in [-0.2, 0) is 0 Å². The number of hydrogen-bond acceptors (Lipinski definition) is 5. The highest BCUT2D eigenvalue weighted by molar-refractivity contribution is 7.99. The Balaban J connectivity index is 2.15. The van der Waals surface area contributed by atoms with Crippen LogP contribution in [0.25, 0.3) is 0 Å². The summed E-state index contributed by atoms with van der Waals surface area (Å²) in [5.41, 5.74) is 0.752. The van der Waals surface area contributed by atoms with Gasteiger partial charge in [0.1, 0.15) is 0 Å². The third kappa shape index (κ3) is 2.75. The Bertz CT molecular complexity index is 453. The number of rotatable bonds is 4. The zero-order chi connectivity index (χ0) is 13.1. The fraction of sp³-hybridized carbons (Fsp3) is 0.583. The van der Waals surface area contributed by atoms with Crippen molar-refractivity contribution in [2.75, 3.05) is 11.6 Å². The lowest BCUT2D eigenvalue weighted by Crippen LogP contribution is -2.18. The van der Waals surface area contributed by atoms with Crippen molar-refractivity contribution in [2.45, 2.75) is 37.5 Å². The second kappa shape index (κ2) is 5.56. The quantitative estimate of drug-likeness (QED) is 0.671. The summed E-state index contributed by atoms with van der Waals surface area (Å²) in [6.07, 6.45) is 7.00. The highest BCUT2D eigenvalue weighted by atomic mass is 32.2. The van der Waals surface area contributed by atoms with E-state index < -0.39 is 0 Å². The molecular formula is C12H17N3O2S. The number of hydrogen-bond donors (Lipinski definition) is 1. The summed E-state index contributed by atoms with van der Waals surface area (Å²) in [7, 11) is 0. The van der Waals surface area contributed by atoms with Crippen LogP contribution in [0.15, 0.2) is 12.3 Å². The first-order valence-corrected chi connectivity index (χ1v) is 7.30. The third-order valence-electron chi connectivity index (χ3n) is 3.37. The number of aromatic nitrogens is 1. The van der Waals surface area contributed by atoms with Crippen molar-refractivity contribution in [3.8, 4) is 0 Å². The van der Waals surface area contributed by atoms with Gasteiger partial charge in [-0.1, -0.05) is 0 Å². The molecule has 2 rings (SSSR count). The Labute approximate surface area is 111 Å². The molecule has 0 spiro atoms. The lowest BCUT2D eigenvalue weighted by molar-refractivity contribution is -0.384. The molecule has 1 fully saturated rings. The van der Waals surface area contributed by atoms with E-state index in [0.29, 0.717) is 22.7 Å². The summed E-state index contributed by atoms with van der Waals surface area (Å²) in [6, 6.07) is 1.97. The van der Waals surface area contributed by atoms with E-state index in [0.717, 1.165) is 12.8 Å². The zero-order valence-electron chi connectivity index (χ0n) is 10.5. The Morgan fingerprint density at radius 1 is 1.56 bits per heavy atom. The highest BCUT2D eigenvalue weighted by Crippen LogP contribution is 2.32. The average molecular weight is 267 g/mol. The van der Waals surface area contributed by atoms with E-state index in [2.05, 4.69) is 16.6 Å². The van der Waals surface area contributed by atoms with Gasteiger partial charge in [0.2, 0.25) is 5.82 Å². The first kappa shape index (κ1) is 13.1. The molecule has 0 radical (unpaired) electrons. The average Bonchev–Trinajstić information content (AvgIpc) is 2.76. The number of nitrogens with zero attached hydrogens (tertiary/aromatic N) is 2. The number of pyridine rings is 1. The maximum absolute atomic E-state index is 11.1. The van der Waals surface area contributed by atoms with Crippen LogP contribution in [-0.4, -0.2) is 27.5 Å². The first-order valence-electron chi connectivity index (χ1n) is 6.01. The lowest BCUT2D eigenvalue weighted by Gasteiger charge is -2.13. The van der Waals surface area contributed by atoms with Crippen molar-refractivity contribution in [2.24, 2.45) is 0 Å². The second-order valence-electron chi connectivity index (χ2n) is 4.59. The Kier molecular flexibility index (Phi) is 4.06. The summed E-state index contributed by atoms with van der Waals surface area (Å²) in [5.74, 6) is 0.409. The van der Waals surface area contributed by atoms with Gasteiger partial charge < -0.3 is 5.32 Å². The largest absolute Gasteiger partial charge is 0.362 e. The monoisotopic (exact) mass is 267 g/mol. The molecule has 98 valence electrons. The van der Waals surface area contributed by atoms with E-state index in [-0.39, 0.29) is 10.6 Å². The molecule has 1 N–H and O–H groups in total. The molecule has 0 aliphatic heterocycles. The van der Waals surface area contributed by atoms with Crippen molar-refractivity contribution in [1.82, 2.24) is 4.98 Å². The molecule has 1 aromatic rings. The molecule has 6 heteroatoms. The van der Waals surface area contributed by atoms with Crippen LogP contribution >= 0.6 is 11.8 Å². The smallest absolute Gasteiger partial charge is 0.314 e. The van der Waals surface area contributed by atoms with Crippen LogP contribution in [0.1, 0.15) is 24.8 Å². The van der Waals surface area contributed by atoms with Gasteiger partial charge >= 0.3 is 5.69 Å². The Morgan fingerprint density at radius 2 is 2.33 bits per heavy atom. The molecule has 0 bridgehead atoms. The number of aryl methyl sites for hydroxylation is 1. The SMILES string of the molecule is CSC1CCC(Nc2nccc(C)c2[N+](=O)[O-])C1. The van der Waals surface area contributed by atoms with Crippen LogP contribution in [0.3, 0.4) is 0 Å². The van der Waals surface area contributed by atoms with E-state index in [1.807, 2.05) is 11.8 Å². The minimum atomic E-state index is -0.355. The molecule has 2 atom stereocenters. The number of nitro groups is 1. The fourth-order valence-electron chi connectivity index (χ4n) is 2.37. The Hall–Kier alpha value is -1.30. The summed E-state index contributed by atoms with van der Waals surface area (Å²) in [6.45, 7) is 1.74. The molecule has 0 aromatic carbocycles. The molecular weight excluding hydrogens is 250 g/mol. The van der Waals surface area contributed by atoms with Crippen LogP contribution in [0.5, 0.6) is 0 Å². The van der Waals surface area contributed by atoms with Crippen LogP contribution < -0.4 is 5.32 Å². The van der Waals surface area contributed by atoms with E-state index in [1.165, 1.54) is 6.42 Å². The summed E-state index contributed by atoms with van der Waals surface area (Å²) >= 11 is 1.87. The first-order chi connectivity index (χ1) is 8.61. The fourth-order valence-corrected chi connectivity index (χ4v) is 3.16. The van der Waals surface area contributed by atoms with Crippen molar-refractivity contribution >= 4 is 23.3 Å². The van der Waals surface area contributed by atoms with E-state index >= 15 is 0 Å². The number of anilines is 1. The predicted octanol–water partition coefficient (Wildman–Crippen LogP) is 2.99. The summed E-state index contributed by atoms with van der Waals surface area (Å²) in [4.78, 5) is 14.8. The van der Waals surface area contributed by atoms with Gasteiger partial charge in [0.15, 0.2) is 0 Å². The van der Waals surface area contributed by atoms with E-state index in [4.69, 9.17) is 0 Å². The third-order valence-corrected chi connectivity index (χ3v) is 4.46. The van der Waals surface area contributed by atoms with E-state index in [9.17, 15) is 10.1 Å². The van der Waals surface area contributed by atoms with Crippen LogP contribution in [0.4, 0.5) is 11.5 Å². The van der Waals surface area contributed by atoms with Gasteiger partial charge in [-0.05, 0) is 38.5 Å². The predicted molar refractivity (Wildman–Crippen MR) is 74.2 cm³/mol. The van der Waals surface area contributed by atoms with E-state index in [1.54, 1.807) is 19.2 Å². The van der Waals surface area contributed by atoms with Gasteiger partial charge in [0.05, 0.1) is 4.92 Å². The molecule has 18 heavy (non-hydrogen) atoms. The summed E-state index contributed by atoms with van der Waals surface area (Å²) < 4.78 is 0. The van der Waals surface area contributed by atoms with Crippen molar-refractivity contribution in [1.29, 1.82) is 0 Å². The number of thioether (sulfide) groups is 1. The molecule has 5 nitrogen and oxygen atoms in total. The summed E-state index contributed by atoms with van der Waals surface area (Å²) in [5, 5.41) is 14.9. The van der Waals surface area contributed by atoms with Crippen molar-refractivity contribution < 1.29 is 4.92 Å². The van der Waals surface area contributed by atoms with Crippen LogP contribution in [0.2, 0.25) is 0 Å². The zero-order valence-corrected chi connectivity index (χ0v) is 11.4. The maximum Gasteiger partial charge on any atom is 0.314 e. The normalized spacial score (nSPS) is 23.0. The molecule has 1 saturated carbocycles. The lowest BCUT2D eigenvalue weighted by atomic mass is 10.2. The topological polar surface area (TPSA) is 68.1 Å². The van der Waals surface area contributed by atoms with Gasteiger partial charge in [-0.2, -0.15) is 11.8 Å². The van der Waals surface area contributed by atoms with Gasteiger partial charge in [-0.15, -0.1) is 0 Å². The number of nitrogens with one attached hydrogen (secondary N) is 1. The molecule has 0 amide bonds. The van der Waals surface area contributed by atoms with Gasteiger partial charge in [0.25, 0.3) is 0 Å². The molecule has 1 aromatic heterocycles. The minimum Gasteiger partial charge on any atom is -0.362 e. The Morgan fingerprint density at radius 3 is 2.94 bits per heavy atom. The van der Waals surface area contributed by atoms with Gasteiger partial charge in [-0.25, -0.2) is 4.98 Å². The van der Waals surface area contributed by atoms with Gasteiger partial charge in [0, 0.05) is 23.1 Å². The molecule has 0 saturated heterocycles. The molecule has 2 unspecified atom stereocenters. The minimum absolute atomic E-state index is 0.102. The molecule has 1 aliphatic carbocycles. The van der Waals surface area contributed by atoms with Crippen LogP contribution in [0, 0.1) is 17.0 Å².